The molecule has 0 fully saturated rings. The van der Waals surface area contributed by atoms with Gasteiger partial charge in [0.2, 0.25) is 0 Å². The van der Waals surface area contributed by atoms with E-state index in [-0.39, 0.29) is 0 Å². The summed E-state index contributed by atoms with van der Waals surface area (Å²) in [5.74, 6) is 0. The summed E-state index contributed by atoms with van der Waals surface area (Å²) in [7, 11) is -0.704. The van der Waals surface area contributed by atoms with Crippen molar-refractivity contribution in [3.63, 3.8) is 0 Å². The Morgan fingerprint density at radius 3 is 1.63 bits per heavy atom. The average Bonchev–Trinajstić information content (AvgIpc) is 3.05. The molecule has 0 saturated carbocycles. The molecule has 0 unspecified atom stereocenters. The summed E-state index contributed by atoms with van der Waals surface area (Å²) in [6.45, 7) is 18.4. The molecule has 0 spiro atoms. The van der Waals surface area contributed by atoms with Gasteiger partial charge in [0.1, 0.15) is 0 Å². The van der Waals surface area contributed by atoms with Crippen LogP contribution in [-0.4, -0.2) is 46.3 Å². The van der Waals surface area contributed by atoms with Crippen LogP contribution in [0.4, 0.5) is 0 Å². The number of hydrogen-bond donors (Lipinski definition) is 0. The van der Waals surface area contributed by atoms with E-state index >= 15 is 0 Å². The van der Waals surface area contributed by atoms with Crippen molar-refractivity contribution < 1.29 is 29.3 Å². The Bertz CT molecular complexity index is 691. The molecule has 30 heavy (non-hydrogen) atoms. The molecule has 0 heterocycles. The van der Waals surface area contributed by atoms with Crippen LogP contribution in [0.5, 0.6) is 0 Å². The van der Waals surface area contributed by atoms with Crippen molar-refractivity contribution in [2.24, 2.45) is 0 Å². The van der Waals surface area contributed by atoms with Gasteiger partial charge >= 0.3 is 194 Å². The summed E-state index contributed by atoms with van der Waals surface area (Å²) in [5, 5.41) is 11.2. The molecule has 0 radical (unpaired) electrons. The Labute approximate surface area is 193 Å². The van der Waals surface area contributed by atoms with Crippen LogP contribution in [0.3, 0.4) is 0 Å². The van der Waals surface area contributed by atoms with Gasteiger partial charge in [-0.2, -0.15) is 0 Å². The summed E-state index contributed by atoms with van der Waals surface area (Å²) >= 11 is -1.94. The average molecular weight is 650 g/mol. The summed E-state index contributed by atoms with van der Waals surface area (Å²) in [4.78, 5) is 0. The van der Waals surface area contributed by atoms with E-state index < -0.39 is 41.0 Å². The second kappa shape index (κ2) is 10.9. The van der Waals surface area contributed by atoms with Crippen LogP contribution in [0.15, 0.2) is 45.2 Å². The molecule has 7 heteroatoms. The van der Waals surface area contributed by atoms with Crippen LogP contribution >= 0.6 is 0 Å². The van der Waals surface area contributed by atoms with Crippen LogP contribution in [0.1, 0.15) is 12.8 Å². The quantitative estimate of drug-likeness (QED) is 0.154. The Balaban J connectivity index is 3.66. The summed E-state index contributed by atoms with van der Waals surface area (Å²) < 4.78 is 19.1. The topological polar surface area (TPSA) is 27.7 Å². The number of allylic oxidation sites excluding steroid dienone is 6. The molecule has 1 rings (SSSR count). The molecule has 0 aromatic heterocycles. The van der Waals surface area contributed by atoms with Crippen molar-refractivity contribution in [3.8, 4) is 0 Å². The molecule has 0 N–H and O–H groups in total. The zero-order valence-electron chi connectivity index (χ0n) is 21.1. The minimum absolute atomic E-state index is 0.842. The first-order chi connectivity index (χ1) is 13.7. The van der Waals surface area contributed by atoms with Gasteiger partial charge in [-0.05, 0) is 0 Å². The zero-order valence-corrected chi connectivity index (χ0v) is 26.4. The van der Waals surface area contributed by atoms with E-state index in [0.717, 1.165) is 31.0 Å². The molecule has 0 aromatic carbocycles. The van der Waals surface area contributed by atoms with Crippen molar-refractivity contribution in [1.29, 1.82) is 0 Å². The fourth-order valence-electron chi connectivity index (χ4n) is 4.56. The van der Waals surface area contributed by atoms with E-state index in [9.17, 15) is 0 Å². The van der Waals surface area contributed by atoms with Gasteiger partial charge in [0.05, 0.1) is 0 Å². The number of rotatable bonds is 13. The first kappa shape index (κ1) is 28.2. The normalized spacial score (nSPS) is 17.0. The van der Waals surface area contributed by atoms with Crippen LogP contribution in [0.2, 0.25) is 60.3 Å². The molecule has 0 aromatic rings. The van der Waals surface area contributed by atoms with Crippen molar-refractivity contribution in [1.82, 2.24) is 0 Å². The van der Waals surface area contributed by atoms with Gasteiger partial charge in [-0.3, -0.25) is 0 Å². The van der Waals surface area contributed by atoms with E-state index in [2.05, 4.69) is 67.4 Å². The third-order valence-corrected chi connectivity index (χ3v) is 21.2. The monoisotopic (exact) mass is 649 g/mol. The Kier molecular flexibility index (Phi) is 10.2. The second-order valence-electron chi connectivity index (χ2n) is 9.87. The zero-order chi connectivity index (χ0) is 23.4. The molecule has 0 bridgehead atoms. The molecule has 0 atom stereocenters. The molecule has 0 amide bonds. The van der Waals surface area contributed by atoms with Crippen molar-refractivity contribution in [2.75, 3.05) is 21.3 Å². The van der Waals surface area contributed by atoms with E-state index in [1.165, 1.54) is 0 Å². The summed E-state index contributed by atoms with van der Waals surface area (Å²) in [6.07, 6.45) is 6.47. The number of hydrogen-bond acceptors (Lipinski definition) is 3. The van der Waals surface area contributed by atoms with Gasteiger partial charge in [0.25, 0.3) is 0 Å². The molecule has 3 nitrogen and oxygen atoms in total. The fraction of sp³-hybridized carbons (Fsp3) is 0.652. The van der Waals surface area contributed by atoms with Gasteiger partial charge in [-0.15, -0.1) is 0 Å². The predicted molar refractivity (Wildman–Crippen MR) is 137 cm³/mol. The van der Waals surface area contributed by atoms with Crippen LogP contribution in [0, 0.1) is 0 Å². The first-order valence-electron chi connectivity index (χ1n) is 10.4. The third-order valence-electron chi connectivity index (χ3n) is 6.12. The fourth-order valence-corrected chi connectivity index (χ4v) is 22.0. The molecule has 1 aliphatic rings. The van der Waals surface area contributed by atoms with Crippen molar-refractivity contribution in [2.45, 2.75) is 73.1 Å². The molecule has 0 saturated heterocycles. The van der Waals surface area contributed by atoms with Gasteiger partial charge in [0.15, 0.2) is 0 Å². The molecular weight excluding hydrogens is 604 g/mol. The third kappa shape index (κ3) is 6.37. The van der Waals surface area contributed by atoms with Crippen molar-refractivity contribution >= 4 is 25.0 Å². The maximum absolute atomic E-state index is 5.75. The summed E-state index contributed by atoms with van der Waals surface area (Å²) in [6, 6.07) is 3.11. The minimum atomic E-state index is -2.59. The van der Waals surface area contributed by atoms with E-state index in [0.29, 0.717) is 0 Å². The van der Waals surface area contributed by atoms with Crippen LogP contribution in [-0.2, 0) is 29.3 Å². The first-order valence-corrected chi connectivity index (χ1v) is 26.7. The maximum atomic E-state index is 5.75. The molecular formula is C23H46O3PtSi3. The standard InChI is InChI=1S/C20H37O3Si3.3CH3.Pt/c1-10-15-24(6,7)19-13-12-18(20(19)25(8,9)16-11-2)14-17-26(21-3,22-4)23-5;;;;/h10-11H,1-2,12,14-17H2,3-9H3;3*1H3;. The van der Waals surface area contributed by atoms with E-state index in [1.54, 1.807) is 37.3 Å². The molecule has 0 aliphatic heterocycles. The Morgan fingerprint density at radius 1 is 0.833 bits per heavy atom. The molecule has 178 valence electrons. The Morgan fingerprint density at radius 2 is 1.27 bits per heavy atom. The van der Waals surface area contributed by atoms with Gasteiger partial charge < -0.3 is 0 Å². The van der Waals surface area contributed by atoms with Crippen molar-refractivity contribution in [3.05, 3.63) is 45.2 Å². The molecule has 1 aliphatic carbocycles. The predicted octanol–water partition coefficient (Wildman–Crippen LogP) is 7.37. The van der Waals surface area contributed by atoms with Gasteiger partial charge in [-0.1, -0.05) is 0 Å². The van der Waals surface area contributed by atoms with Crippen LogP contribution < -0.4 is 0 Å². The van der Waals surface area contributed by atoms with E-state index in [1.807, 2.05) is 3.96 Å². The summed E-state index contributed by atoms with van der Waals surface area (Å²) in [5.41, 5.74) is 1.64. The SMILES string of the molecule is C=CC[Si](C)(C)C1=C(CC[Si](OC)(OC)OC)C[C]([Pt]([CH3])([CH3])[CH3])=C1[Si](C)(C)CC=C. The van der Waals surface area contributed by atoms with Gasteiger partial charge in [0, 0.05) is 0 Å². The van der Waals surface area contributed by atoms with E-state index in [4.69, 9.17) is 13.3 Å². The van der Waals surface area contributed by atoms with Gasteiger partial charge in [-0.25, -0.2) is 0 Å². The second-order valence-corrected chi connectivity index (χ2v) is 33.9. The Hall–Kier alpha value is 0.179. The van der Waals surface area contributed by atoms with Crippen LogP contribution in [0.25, 0.3) is 0 Å².